The molecular weight excluding hydrogens is 210 g/mol. The monoisotopic (exact) mass is 223 g/mol. The van der Waals surface area contributed by atoms with Gasteiger partial charge in [0, 0.05) is 12.7 Å². The Balaban J connectivity index is 2.41. The molecule has 0 fully saturated rings. The van der Waals surface area contributed by atoms with Gasteiger partial charge in [-0.3, -0.25) is 0 Å². The van der Waals surface area contributed by atoms with Crippen molar-refractivity contribution in [3.63, 3.8) is 0 Å². The molecule has 3 heteroatoms. The molecule has 3 nitrogen and oxygen atoms in total. The number of para-hydroxylation sites is 2. The van der Waals surface area contributed by atoms with Crippen molar-refractivity contribution < 1.29 is 0 Å². The number of hydrogen-bond donors (Lipinski definition) is 1. The fourth-order valence-electron chi connectivity index (χ4n) is 1.72. The maximum absolute atomic E-state index is 8.88. The van der Waals surface area contributed by atoms with E-state index in [-0.39, 0.29) is 0 Å². The Labute approximate surface area is 101 Å². The van der Waals surface area contributed by atoms with Gasteiger partial charge >= 0.3 is 0 Å². The van der Waals surface area contributed by atoms with Gasteiger partial charge in [-0.05, 0) is 30.3 Å². The molecule has 2 N–H and O–H groups in total. The van der Waals surface area contributed by atoms with Crippen molar-refractivity contribution >= 4 is 17.1 Å². The fraction of sp³-hybridized carbons (Fsp3) is 0.0714. The van der Waals surface area contributed by atoms with Crippen LogP contribution in [0.1, 0.15) is 5.56 Å². The number of nitriles is 1. The summed E-state index contributed by atoms with van der Waals surface area (Å²) < 4.78 is 0. The lowest BCUT2D eigenvalue weighted by Crippen LogP contribution is -2.11. The van der Waals surface area contributed by atoms with Crippen LogP contribution in [0.15, 0.2) is 48.5 Å². The normalized spacial score (nSPS) is 9.65. The van der Waals surface area contributed by atoms with E-state index in [1.54, 1.807) is 6.07 Å². The van der Waals surface area contributed by atoms with Gasteiger partial charge in [-0.2, -0.15) is 5.26 Å². The Morgan fingerprint density at radius 3 is 2.59 bits per heavy atom. The largest absolute Gasteiger partial charge is 0.397 e. The smallest absolute Gasteiger partial charge is 0.0992 e. The number of nitrogens with two attached hydrogens (primary N) is 1. The van der Waals surface area contributed by atoms with E-state index in [1.165, 1.54) is 0 Å². The molecule has 0 amide bonds. The molecule has 0 aliphatic heterocycles. The third kappa shape index (κ3) is 2.21. The van der Waals surface area contributed by atoms with Gasteiger partial charge in [0.15, 0.2) is 0 Å². The van der Waals surface area contributed by atoms with Gasteiger partial charge < -0.3 is 10.6 Å². The summed E-state index contributed by atoms with van der Waals surface area (Å²) in [7, 11) is 1.93. The summed E-state index contributed by atoms with van der Waals surface area (Å²) in [6.45, 7) is 0. The van der Waals surface area contributed by atoms with E-state index in [4.69, 9.17) is 11.0 Å². The molecule has 2 aromatic rings. The van der Waals surface area contributed by atoms with Crippen LogP contribution in [0.25, 0.3) is 0 Å². The molecule has 0 heterocycles. The molecule has 2 rings (SSSR count). The maximum atomic E-state index is 8.88. The number of nitrogen functional groups attached to an aromatic ring is 1. The lowest BCUT2D eigenvalue weighted by Gasteiger charge is -2.21. The molecule has 0 atom stereocenters. The van der Waals surface area contributed by atoms with Gasteiger partial charge in [-0.15, -0.1) is 0 Å². The van der Waals surface area contributed by atoms with Crippen LogP contribution in [0.2, 0.25) is 0 Å². The number of benzene rings is 2. The minimum absolute atomic E-state index is 0.642. The minimum atomic E-state index is 0.642. The summed E-state index contributed by atoms with van der Waals surface area (Å²) >= 11 is 0. The van der Waals surface area contributed by atoms with Crippen molar-refractivity contribution in [3.8, 4) is 6.07 Å². The molecule has 0 unspecified atom stereocenters. The zero-order valence-electron chi connectivity index (χ0n) is 9.59. The van der Waals surface area contributed by atoms with Crippen molar-refractivity contribution in [1.82, 2.24) is 0 Å². The third-order valence-electron chi connectivity index (χ3n) is 2.66. The highest BCUT2D eigenvalue weighted by Crippen LogP contribution is 2.28. The van der Waals surface area contributed by atoms with Gasteiger partial charge in [-0.25, -0.2) is 0 Å². The molecule has 0 bridgehead atoms. The molecule has 84 valence electrons. The van der Waals surface area contributed by atoms with Crippen LogP contribution in [-0.4, -0.2) is 7.05 Å². The first kappa shape index (κ1) is 11.0. The van der Waals surface area contributed by atoms with E-state index < -0.39 is 0 Å². The van der Waals surface area contributed by atoms with Crippen LogP contribution in [0.3, 0.4) is 0 Å². The molecule has 0 aliphatic rings. The number of nitrogens with zero attached hydrogens (tertiary/aromatic N) is 2. The van der Waals surface area contributed by atoms with Crippen LogP contribution < -0.4 is 10.6 Å². The predicted octanol–water partition coefficient (Wildman–Crippen LogP) is 2.91. The van der Waals surface area contributed by atoms with Crippen LogP contribution in [0.5, 0.6) is 0 Å². The second kappa shape index (κ2) is 4.58. The lowest BCUT2D eigenvalue weighted by molar-refractivity contribution is 1.21. The number of hydrogen-bond acceptors (Lipinski definition) is 3. The van der Waals surface area contributed by atoms with Gasteiger partial charge in [0.1, 0.15) is 0 Å². The SMILES string of the molecule is CN(c1cccc(C#N)c1)c1ccccc1N. The van der Waals surface area contributed by atoms with Gasteiger partial charge in [0.2, 0.25) is 0 Å². The zero-order chi connectivity index (χ0) is 12.3. The second-order valence-electron chi connectivity index (χ2n) is 3.78. The topological polar surface area (TPSA) is 53.0 Å². The highest BCUT2D eigenvalue weighted by molar-refractivity contribution is 5.74. The van der Waals surface area contributed by atoms with E-state index >= 15 is 0 Å². The van der Waals surface area contributed by atoms with Crippen LogP contribution in [0, 0.1) is 11.3 Å². The average molecular weight is 223 g/mol. The van der Waals surface area contributed by atoms with Crippen molar-refractivity contribution in [2.75, 3.05) is 17.7 Å². The summed E-state index contributed by atoms with van der Waals surface area (Å²) in [4.78, 5) is 1.97. The van der Waals surface area contributed by atoms with Crippen molar-refractivity contribution in [1.29, 1.82) is 5.26 Å². The van der Waals surface area contributed by atoms with E-state index in [0.29, 0.717) is 5.56 Å². The van der Waals surface area contributed by atoms with E-state index in [9.17, 15) is 0 Å². The average Bonchev–Trinajstić information content (AvgIpc) is 2.38. The Morgan fingerprint density at radius 1 is 1.12 bits per heavy atom. The molecule has 0 saturated heterocycles. The molecule has 0 radical (unpaired) electrons. The highest BCUT2D eigenvalue weighted by Gasteiger charge is 2.06. The van der Waals surface area contributed by atoms with Crippen LogP contribution in [0.4, 0.5) is 17.1 Å². The number of anilines is 3. The Hall–Kier alpha value is -2.47. The molecule has 0 spiro atoms. The summed E-state index contributed by atoms with van der Waals surface area (Å²) in [6.07, 6.45) is 0. The van der Waals surface area contributed by atoms with E-state index in [2.05, 4.69) is 6.07 Å². The van der Waals surface area contributed by atoms with E-state index in [1.807, 2.05) is 54.4 Å². The van der Waals surface area contributed by atoms with Crippen LogP contribution in [-0.2, 0) is 0 Å². The minimum Gasteiger partial charge on any atom is -0.397 e. The Kier molecular flexibility index (Phi) is 2.97. The summed E-state index contributed by atoms with van der Waals surface area (Å²) in [6, 6.07) is 17.2. The second-order valence-corrected chi connectivity index (χ2v) is 3.78. The Bertz CT molecular complexity index is 570. The standard InChI is InChI=1S/C14H13N3/c1-17(14-8-3-2-7-13(14)16)12-6-4-5-11(9-12)10-15/h2-9H,16H2,1H3. The van der Waals surface area contributed by atoms with E-state index in [0.717, 1.165) is 17.1 Å². The fourth-order valence-corrected chi connectivity index (χ4v) is 1.72. The van der Waals surface area contributed by atoms with Crippen molar-refractivity contribution in [2.45, 2.75) is 0 Å². The van der Waals surface area contributed by atoms with Crippen molar-refractivity contribution in [3.05, 3.63) is 54.1 Å². The lowest BCUT2D eigenvalue weighted by atomic mass is 10.2. The van der Waals surface area contributed by atoms with Crippen LogP contribution >= 0.6 is 0 Å². The summed E-state index contributed by atoms with van der Waals surface area (Å²) in [5.74, 6) is 0. The molecule has 0 saturated carbocycles. The summed E-state index contributed by atoms with van der Waals surface area (Å²) in [5.41, 5.74) is 9.16. The highest BCUT2D eigenvalue weighted by atomic mass is 15.1. The quantitative estimate of drug-likeness (QED) is 0.796. The Morgan fingerprint density at radius 2 is 1.88 bits per heavy atom. The first-order valence-corrected chi connectivity index (χ1v) is 5.31. The van der Waals surface area contributed by atoms with Gasteiger partial charge in [-0.1, -0.05) is 18.2 Å². The first-order chi connectivity index (χ1) is 8.22. The molecule has 0 aromatic heterocycles. The summed E-state index contributed by atoms with van der Waals surface area (Å²) in [5, 5.41) is 8.88. The molecule has 2 aromatic carbocycles. The predicted molar refractivity (Wildman–Crippen MR) is 70.1 cm³/mol. The molecule has 0 aliphatic carbocycles. The van der Waals surface area contributed by atoms with Crippen molar-refractivity contribution in [2.24, 2.45) is 0 Å². The number of rotatable bonds is 2. The maximum Gasteiger partial charge on any atom is 0.0992 e. The van der Waals surface area contributed by atoms with Gasteiger partial charge in [0.05, 0.1) is 23.0 Å². The zero-order valence-corrected chi connectivity index (χ0v) is 9.59. The molecule has 17 heavy (non-hydrogen) atoms. The third-order valence-corrected chi connectivity index (χ3v) is 2.66. The molecular formula is C14H13N3. The first-order valence-electron chi connectivity index (χ1n) is 5.31. The van der Waals surface area contributed by atoms with Gasteiger partial charge in [0.25, 0.3) is 0 Å².